The van der Waals surface area contributed by atoms with Crippen LogP contribution in [0.3, 0.4) is 0 Å². The van der Waals surface area contributed by atoms with Gasteiger partial charge in [-0.05, 0) is 19.9 Å². The van der Waals surface area contributed by atoms with Crippen LogP contribution in [0.4, 0.5) is 0 Å². The average Bonchev–Trinajstić information content (AvgIpc) is 2.56. The molecule has 0 aliphatic heterocycles. The van der Waals surface area contributed by atoms with Gasteiger partial charge in [0.05, 0.1) is 13.2 Å². The molecule has 0 atom stereocenters. The molecule has 148 valence electrons. The fourth-order valence-corrected chi connectivity index (χ4v) is 2.06. The number of rotatable bonds is 8. The van der Waals surface area contributed by atoms with Gasteiger partial charge in [-0.15, -0.1) is 24.0 Å². The number of hydrogen-bond donors (Lipinski definition) is 3. The summed E-state index contributed by atoms with van der Waals surface area (Å²) in [5.41, 5.74) is 0.671. The lowest BCUT2D eigenvalue weighted by Gasteiger charge is -2.18. The van der Waals surface area contributed by atoms with E-state index >= 15 is 0 Å². The highest BCUT2D eigenvalue weighted by Crippen LogP contribution is 2.18. The van der Waals surface area contributed by atoms with E-state index in [9.17, 15) is 4.79 Å². The standard InChI is InChI=1S/C19H32N4O2.HI/c1-6-20-18(22-13-12-21-17(24)19(3,4)5)23-14-15-10-8-9-11-16(15)25-7-2;/h8-11H,6-7,12-14H2,1-5H3,(H,21,24)(H2,20,22,23);1H. The summed E-state index contributed by atoms with van der Waals surface area (Å²) in [5, 5.41) is 9.36. The van der Waals surface area contributed by atoms with Gasteiger partial charge in [0.2, 0.25) is 5.91 Å². The van der Waals surface area contributed by atoms with Gasteiger partial charge in [-0.1, -0.05) is 39.0 Å². The zero-order valence-electron chi connectivity index (χ0n) is 16.5. The second-order valence-electron chi connectivity index (χ2n) is 6.67. The van der Waals surface area contributed by atoms with E-state index in [1.54, 1.807) is 0 Å². The fraction of sp³-hybridized carbons (Fsp3) is 0.579. The minimum absolute atomic E-state index is 0. The second kappa shape index (κ2) is 12.8. The minimum atomic E-state index is -0.373. The van der Waals surface area contributed by atoms with Crippen molar-refractivity contribution in [3.05, 3.63) is 29.8 Å². The van der Waals surface area contributed by atoms with Crippen LogP contribution >= 0.6 is 24.0 Å². The monoisotopic (exact) mass is 476 g/mol. The molecule has 7 heteroatoms. The number of carbonyl (C=O) groups excluding carboxylic acids is 1. The van der Waals surface area contributed by atoms with Crippen molar-refractivity contribution >= 4 is 35.8 Å². The van der Waals surface area contributed by atoms with Crippen molar-refractivity contribution in [2.75, 3.05) is 26.2 Å². The number of nitrogens with zero attached hydrogens (tertiary/aromatic N) is 1. The van der Waals surface area contributed by atoms with Gasteiger partial charge in [0.1, 0.15) is 5.75 Å². The van der Waals surface area contributed by atoms with Crippen molar-refractivity contribution in [1.82, 2.24) is 16.0 Å². The predicted octanol–water partition coefficient (Wildman–Crippen LogP) is 2.92. The van der Waals surface area contributed by atoms with Gasteiger partial charge in [-0.3, -0.25) is 4.79 Å². The Labute approximate surface area is 174 Å². The van der Waals surface area contributed by atoms with Gasteiger partial charge in [0.15, 0.2) is 5.96 Å². The number of ether oxygens (including phenoxy) is 1. The zero-order chi connectivity index (χ0) is 18.7. The Bertz CT molecular complexity index is 571. The Hall–Kier alpha value is -1.51. The normalized spacial score (nSPS) is 11.3. The molecule has 0 spiro atoms. The van der Waals surface area contributed by atoms with Crippen LogP contribution in [0.25, 0.3) is 0 Å². The molecule has 3 N–H and O–H groups in total. The number of para-hydroxylation sites is 1. The van der Waals surface area contributed by atoms with Crippen LogP contribution in [0.15, 0.2) is 29.3 Å². The molecule has 1 aromatic rings. The molecule has 0 saturated heterocycles. The van der Waals surface area contributed by atoms with E-state index in [2.05, 4.69) is 20.9 Å². The maximum absolute atomic E-state index is 11.8. The summed E-state index contributed by atoms with van der Waals surface area (Å²) in [6.07, 6.45) is 0. The van der Waals surface area contributed by atoms with Gasteiger partial charge >= 0.3 is 0 Å². The molecule has 0 aromatic heterocycles. The molecule has 0 heterocycles. The molecule has 1 amide bonds. The minimum Gasteiger partial charge on any atom is -0.494 e. The van der Waals surface area contributed by atoms with Gasteiger partial charge in [0, 0.05) is 30.6 Å². The third kappa shape index (κ3) is 9.26. The summed E-state index contributed by atoms with van der Waals surface area (Å²) in [5.74, 6) is 1.63. The molecule has 26 heavy (non-hydrogen) atoms. The van der Waals surface area contributed by atoms with Crippen LogP contribution in [-0.2, 0) is 11.3 Å². The fourth-order valence-electron chi connectivity index (χ4n) is 2.06. The first-order valence-electron chi connectivity index (χ1n) is 8.89. The average molecular weight is 476 g/mol. The Kier molecular flexibility index (Phi) is 12.0. The number of nitrogens with one attached hydrogen (secondary N) is 3. The molecule has 1 aromatic carbocycles. The van der Waals surface area contributed by atoms with Crippen LogP contribution in [-0.4, -0.2) is 38.1 Å². The Morgan fingerprint density at radius 3 is 2.35 bits per heavy atom. The van der Waals surface area contributed by atoms with Gasteiger partial charge in [-0.2, -0.15) is 0 Å². The number of benzene rings is 1. The van der Waals surface area contributed by atoms with E-state index in [0.29, 0.717) is 26.2 Å². The summed E-state index contributed by atoms with van der Waals surface area (Å²) in [4.78, 5) is 16.4. The topological polar surface area (TPSA) is 74.8 Å². The number of guanidine groups is 1. The summed E-state index contributed by atoms with van der Waals surface area (Å²) >= 11 is 0. The highest BCUT2D eigenvalue weighted by atomic mass is 127. The van der Waals surface area contributed by atoms with Crippen LogP contribution in [0.2, 0.25) is 0 Å². The van der Waals surface area contributed by atoms with E-state index in [-0.39, 0.29) is 35.3 Å². The highest BCUT2D eigenvalue weighted by Gasteiger charge is 2.20. The molecular weight excluding hydrogens is 443 g/mol. The molecule has 0 aliphatic carbocycles. The van der Waals surface area contributed by atoms with Crippen molar-refractivity contribution in [1.29, 1.82) is 0 Å². The molecular formula is C19H33IN4O2. The maximum atomic E-state index is 11.8. The third-order valence-corrected chi connectivity index (χ3v) is 3.41. The number of aliphatic imine (C=N–C) groups is 1. The van der Waals surface area contributed by atoms with Crippen molar-refractivity contribution in [2.24, 2.45) is 10.4 Å². The van der Waals surface area contributed by atoms with Crippen molar-refractivity contribution < 1.29 is 9.53 Å². The molecule has 0 aliphatic rings. The molecule has 0 saturated carbocycles. The molecule has 0 unspecified atom stereocenters. The number of amides is 1. The van der Waals surface area contributed by atoms with E-state index in [4.69, 9.17) is 4.74 Å². The summed E-state index contributed by atoms with van der Waals surface area (Å²) < 4.78 is 5.63. The zero-order valence-corrected chi connectivity index (χ0v) is 18.8. The van der Waals surface area contributed by atoms with Gasteiger partial charge in [0.25, 0.3) is 0 Å². The van der Waals surface area contributed by atoms with Gasteiger partial charge < -0.3 is 20.7 Å². The van der Waals surface area contributed by atoms with Crippen LogP contribution in [0.5, 0.6) is 5.75 Å². The van der Waals surface area contributed by atoms with Crippen molar-refractivity contribution in [2.45, 2.75) is 41.2 Å². The van der Waals surface area contributed by atoms with Crippen LogP contribution in [0, 0.1) is 5.41 Å². The Morgan fingerprint density at radius 2 is 1.73 bits per heavy atom. The summed E-state index contributed by atoms with van der Waals surface area (Å²) in [6, 6.07) is 7.91. The first-order valence-corrected chi connectivity index (χ1v) is 8.89. The summed E-state index contributed by atoms with van der Waals surface area (Å²) in [6.45, 7) is 12.8. The quantitative estimate of drug-likeness (QED) is 0.234. The van der Waals surface area contributed by atoms with Crippen LogP contribution in [0.1, 0.15) is 40.2 Å². The molecule has 0 radical (unpaired) electrons. The Morgan fingerprint density at radius 1 is 1.08 bits per heavy atom. The molecule has 0 fully saturated rings. The highest BCUT2D eigenvalue weighted by molar-refractivity contribution is 14.0. The molecule has 0 bridgehead atoms. The van der Waals surface area contributed by atoms with Gasteiger partial charge in [-0.25, -0.2) is 4.99 Å². The SMILES string of the molecule is CCNC(=NCc1ccccc1OCC)NCCNC(=O)C(C)(C)C.I. The Balaban J connectivity index is 0.00000625. The smallest absolute Gasteiger partial charge is 0.225 e. The van der Waals surface area contributed by atoms with Crippen molar-refractivity contribution in [3.8, 4) is 5.75 Å². The van der Waals surface area contributed by atoms with E-state index in [1.165, 1.54) is 0 Å². The number of hydrogen-bond acceptors (Lipinski definition) is 3. The molecule has 6 nitrogen and oxygen atoms in total. The number of carbonyl (C=O) groups is 1. The maximum Gasteiger partial charge on any atom is 0.225 e. The lowest BCUT2D eigenvalue weighted by atomic mass is 9.96. The largest absolute Gasteiger partial charge is 0.494 e. The first kappa shape index (κ1) is 24.5. The van der Waals surface area contributed by atoms with Crippen LogP contribution < -0.4 is 20.7 Å². The van der Waals surface area contributed by atoms with Crippen molar-refractivity contribution in [3.63, 3.8) is 0 Å². The predicted molar refractivity (Wildman–Crippen MR) is 118 cm³/mol. The van der Waals surface area contributed by atoms with E-state index in [1.807, 2.05) is 58.9 Å². The lowest BCUT2D eigenvalue weighted by molar-refractivity contribution is -0.128. The lowest BCUT2D eigenvalue weighted by Crippen LogP contribution is -2.43. The second-order valence-corrected chi connectivity index (χ2v) is 6.67. The first-order chi connectivity index (χ1) is 11.9. The summed E-state index contributed by atoms with van der Waals surface area (Å²) in [7, 11) is 0. The molecule has 1 rings (SSSR count). The van der Waals surface area contributed by atoms with E-state index in [0.717, 1.165) is 23.8 Å². The van der Waals surface area contributed by atoms with E-state index < -0.39 is 0 Å². The third-order valence-electron chi connectivity index (χ3n) is 3.41. The number of halogens is 1.